The lowest BCUT2D eigenvalue weighted by Crippen LogP contribution is -2.48. The summed E-state index contributed by atoms with van der Waals surface area (Å²) >= 11 is 0. The normalized spacial score (nSPS) is 21.7. The van der Waals surface area contributed by atoms with Gasteiger partial charge in [-0.3, -0.25) is 9.69 Å². The Balaban J connectivity index is 1.66. The molecular formula is C20H35N5O. The summed E-state index contributed by atoms with van der Waals surface area (Å²) in [6.45, 7) is 11.9. The first kappa shape index (κ1) is 19.3. The summed E-state index contributed by atoms with van der Waals surface area (Å²) in [5.74, 6) is 2.97. The maximum Gasteiger partial charge on any atom is 0.237 e. The molecule has 6 nitrogen and oxygen atoms in total. The highest BCUT2D eigenvalue weighted by molar-refractivity contribution is 5.78. The molecule has 3 rings (SSSR count). The average Bonchev–Trinajstić information content (AvgIpc) is 2.83. The number of amides is 1. The van der Waals surface area contributed by atoms with Crippen LogP contribution >= 0.6 is 0 Å². The average molecular weight is 362 g/mol. The Bertz CT molecular complexity index is 601. The van der Waals surface area contributed by atoms with Crippen LogP contribution in [-0.2, 0) is 17.8 Å². The van der Waals surface area contributed by atoms with E-state index in [9.17, 15) is 4.79 Å². The maximum absolute atomic E-state index is 12.8. The molecule has 2 aliphatic rings. The molecule has 146 valence electrons. The Morgan fingerprint density at radius 2 is 1.85 bits per heavy atom. The van der Waals surface area contributed by atoms with Gasteiger partial charge in [0.2, 0.25) is 5.91 Å². The Morgan fingerprint density at radius 3 is 2.58 bits per heavy atom. The zero-order valence-corrected chi connectivity index (χ0v) is 16.9. The fourth-order valence-electron chi connectivity index (χ4n) is 4.66. The van der Waals surface area contributed by atoms with E-state index in [1.165, 1.54) is 19.3 Å². The van der Waals surface area contributed by atoms with Crippen LogP contribution in [0.5, 0.6) is 0 Å². The molecule has 0 radical (unpaired) electrons. The van der Waals surface area contributed by atoms with Crippen LogP contribution in [0.1, 0.15) is 77.4 Å². The molecule has 1 fully saturated rings. The van der Waals surface area contributed by atoms with Gasteiger partial charge in [-0.05, 0) is 59.9 Å². The van der Waals surface area contributed by atoms with Crippen molar-refractivity contribution < 1.29 is 4.79 Å². The molecule has 1 atom stereocenters. The summed E-state index contributed by atoms with van der Waals surface area (Å²) in [5, 5.41) is 9.03. The number of fused-ring (bicyclic) bond motifs is 1. The van der Waals surface area contributed by atoms with Crippen LogP contribution in [0.15, 0.2) is 0 Å². The van der Waals surface area contributed by atoms with E-state index in [0.717, 1.165) is 50.5 Å². The highest BCUT2D eigenvalue weighted by Gasteiger charge is 2.30. The van der Waals surface area contributed by atoms with Crippen LogP contribution in [0.4, 0.5) is 0 Å². The first-order valence-electron chi connectivity index (χ1n) is 10.4. The van der Waals surface area contributed by atoms with Gasteiger partial charge in [0.05, 0.1) is 6.54 Å². The van der Waals surface area contributed by atoms with Crippen molar-refractivity contribution in [3.63, 3.8) is 0 Å². The lowest BCUT2D eigenvalue weighted by Gasteiger charge is -2.36. The van der Waals surface area contributed by atoms with Gasteiger partial charge >= 0.3 is 0 Å². The van der Waals surface area contributed by atoms with Crippen molar-refractivity contribution in [1.82, 2.24) is 24.6 Å². The molecular weight excluding hydrogens is 326 g/mol. The molecule has 0 aliphatic carbocycles. The SMILES string of the molecule is CC(C)N(C(=O)CN1CCCC(c2nnc3n2CCCCC3)C1)C(C)C. The summed E-state index contributed by atoms with van der Waals surface area (Å²) in [5.41, 5.74) is 0. The van der Waals surface area contributed by atoms with Gasteiger partial charge in [0.25, 0.3) is 0 Å². The number of likely N-dealkylation sites (tertiary alicyclic amines) is 1. The number of rotatable bonds is 5. The number of carbonyl (C=O) groups is 1. The summed E-state index contributed by atoms with van der Waals surface area (Å²) in [7, 11) is 0. The van der Waals surface area contributed by atoms with Crippen molar-refractivity contribution >= 4 is 5.91 Å². The van der Waals surface area contributed by atoms with Crippen LogP contribution in [-0.4, -0.2) is 62.2 Å². The molecule has 0 saturated carbocycles. The van der Waals surface area contributed by atoms with Crippen molar-refractivity contribution in [2.75, 3.05) is 19.6 Å². The molecule has 1 saturated heterocycles. The number of aryl methyl sites for hydroxylation is 1. The lowest BCUT2D eigenvalue weighted by molar-refractivity contribution is -0.136. The van der Waals surface area contributed by atoms with E-state index in [0.29, 0.717) is 12.5 Å². The maximum atomic E-state index is 12.8. The predicted molar refractivity (Wildman–Crippen MR) is 103 cm³/mol. The minimum absolute atomic E-state index is 0.246. The second-order valence-corrected chi connectivity index (χ2v) is 8.50. The Hall–Kier alpha value is -1.43. The van der Waals surface area contributed by atoms with E-state index in [4.69, 9.17) is 0 Å². The van der Waals surface area contributed by atoms with Crippen molar-refractivity contribution in [3.8, 4) is 0 Å². The number of aromatic nitrogens is 3. The number of hydrogen-bond donors (Lipinski definition) is 0. The van der Waals surface area contributed by atoms with E-state index in [1.54, 1.807) is 0 Å². The Kier molecular flexibility index (Phi) is 6.33. The van der Waals surface area contributed by atoms with Gasteiger partial charge in [0.1, 0.15) is 11.6 Å². The summed E-state index contributed by atoms with van der Waals surface area (Å²) in [6, 6.07) is 0.491. The Labute approximate surface area is 157 Å². The van der Waals surface area contributed by atoms with Crippen LogP contribution in [0.3, 0.4) is 0 Å². The van der Waals surface area contributed by atoms with Crippen LogP contribution in [0.2, 0.25) is 0 Å². The van der Waals surface area contributed by atoms with Crippen molar-refractivity contribution in [3.05, 3.63) is 11.6 Å². The van der Waals surface area contributed by atoms with Crippen LogP contribution in [0.25, 0.3) is 0 Å². The molecule has 1 aromatic heterocycles. The number of hydrogen-bond acceptors (Lipinski definition) is 4. The summed E-state index contributed by atoms with van der Waals surface area (Å²) < 4.78 is 2.37. The van der Waals surface area contributed by atoms with Gasteiger partial charge in [-0.15, -0.1) is 10.2 Å². The van der Waals surface area contributed by atoms with Gasteiger partial charge in [0.15, 0.2) is 0 Å². The van der Waals surface area contributed by atoms with Crippen molar-refractivity contribution in [1.29, 1.82) is 0 Å². The molecule has 2 aliphatic heterocycles. The Morgan fingerprint density at radius 1 is 1.08 bits per heavy atom. The first-order chi connectivity index (χ1) is 12.5. The van der Waals surface area contributed by atoms with E-state index >= 15 is 0 Å². The van der Waals surface area contributed by atoms with Gasteiger partial charge in [-0.25, -0.2) is 0 Å². The van der Waals surface area contributed by atoms with E-state index < -0.39 is 0 Å². The third kappa shape index (κ3) is 4.27. The van der Waals surface area contributed by atoms with E-state index in [-0.39, 0.29) is 18.0 Å². The molecule has 1 aromatic rings. The molecule has 1 amide bonds. The zero-order chi connectivity index (χ0) is 18.7. The largest absolute Gasteiger partial charge is 0.337 e. The molecule has 0 N–H and O–H groups in total. The molecule has 3 heterocycles. The van der Waals surface area contributed by atoms with Gasteiger partial charge in [0, 0.05) is 37.5 Å². The van der Waals surface area contributed by atoms with Gasteiger partial charge in [-0.1, -0.05) is 6.42 Å². The number of piperidine rings is 1. The molecule has 26 heavy (non-hydrogen) atoms. The highest BCUT2D eigenvalue weighted by Crippen LogP contribution is 2.28. The zero-order valence-electron chi connectivity index (χ0n) is 16.9. The lowest BCUT2D eigenvalue weighted by atomic mass is 9.97. The molecule has 0 spiro atoms. The topological polar surface area (TPSA) is 54.3 Å². The molecule has 0 bridgehead atoms. The quantitative estimate of drug-likeness (QED) is 0.809. The third-order valence-electron chi connectivity index (χ3n) is 5.77. The van der Waals surface area contributed by atoms with E-state index in [1.807, 2.05) is 4.90 Å². The second-order valence-electron chi connectivity index (χ2n) is 8.50. The van der Waals surface area contributed by atoms with Crippen LogP contribution < -0.4 is 0 Å². The minimum atomic E-state index is 0.246. The summed E-state index contributed by atoms with van der Waals surface area (Å²) in [6.07, 6.45) is 7.08. The third-order valence-corrected chi connectivity index (χ3v) is 5.77. The smallest absolute Gasteiger partial charge is 0.237 e. The van der Waals surface area contributed by atoms with Crippen molar-refractivity contribution in [2.45, 2.75) is 90.8 Å². The second kappa shape index (κ2) is 8.51. The standard InChI is InChI=1S/C20H35N5O/c1-15(2)25(16(3)4)19(26)14-23-11-8-9-17(13-23)20-22-21-18-10-6-5-7-12-24(18)20/h15-17H,5-14H2,1-4H3. The fraction of sp³-hybridized carbons (Fsp3) is 0.850. The van der Waals surface area contributed by atoms with Gasteiger partial charge in [-0.2, -0.15) is 0 Å². The number of carbonyl (C=O) groups excluding carboxylic acids is 1. The first-order valence-corrected chi connectivity index (χ1v) is 10.4. The summed E-state index contributed by atoms with van der Waals surface area (Å²) in [4.78, 5) is 17.1. The van der Waals surface area contributed by atoms with E-state index in [2.05, 4.69) is 47.4 Å². The number of nitrogens with zero attached hydrogens (tertiary/aromatic N) is 5. The van der Waals surface area contributed by atoms with Gasteiger partial charge < -0.3 is 9.47 Å². The fourth-order valence-corrected chi connectivity index (χ4v) is 4.66. The van der Waals surface area contributed by atoms with Crippen LogP contribution in [0, 0.1) is 0 Å². The predicted octanol–water partition coefficient (Wildman–Crippen LogP) is 2.83. The minimum Gasteiger partial charge on any atom is -0.337 e. The molecule has 0 aromatic carbocycles. The molecule has 6 heteroatoms. The molecule has 1 unspecified atom stereocenters. The highest BCUT2D eigenvalue weighted by atomic mass is 16.2. The van der Waals surface area contributed by atoms with Crippen molar-refractivity contribution in [2.24, 2.45) is 0 Å². The monoisotopic (exact) mass is 361 g/mol.